The van der Waals surface area contributed by atoms with E-state index >= 15 is 0 Å². The molecule has 0 atom stereocenters. The normalized spacial score (nSPS) is 10.7. The average Bonchev–Trinajstić information content (AvgIpc) is 2.74. The third-order valence-corrected chi connectivity index (χ3v) is 4.08. The molecule has 0 aromatic heterocycles. The van der Waals surface area contributed by atoms with E-state index in [4.69, 9.17) is 15.2 Å². The Morgan fingerprint density at radius 1 is 1.10 bits per heavy atom. The molecule has 0 aliphatic heterocycles. The monoisotopic (exact) mass is 393 g/mol. The minimum atomic E-state index is -0.349. The molecule has 0 fully saturated rings. The Bertz CT molecular complexity index is 1020. The minimum Gasteiger partial charge on any atom is -0.493 e. The summed E-state index contributed by atoms with van der Waals surface area (Å²) in [6.45, 7) is 0.0775. The Morgan fingerprint density at radius 2 is 1.86 bits per heavy atom. The lowest BCUT2D eigenvalue weighted by molar-refractivity contribution is 0.0955. The number of hydrogen-bond donors (Lipinski definition) is 2. The molecule has 0 unspecified atom stereocenters. The number of rotatable bonds is 7. The molecular weight excluding hydrogens is 373 g/mol. The van der Waals surface area contributed by atoms with Gasteiger partial charge in [0, 0.05) is 16.8 Å². The largest absolute Gasteiger partial charge is 0.493 e. The van der Waals surface area contributed by atoms with Crippen molar-refractivity contribution in [3.63, 3.8) is 0 Å². The molecule has 148 valence electrons. The summed E-state index contributed by atoms with van der Waals surface area (Å²) < 4.78 is 24.7. The van der Waals surface area contributed by atoms with Crippen LogP contribution in [0.3, 0.4) is 0 Å². The Hall–Kier alpha value is -3.87. The van der Waals surface area contributed by atoms with Gasteiger partial charge in [-0.1, -0.05) is 18.2 Å². The molecule has 3 aromatic rings. The molecular formula is C22H20FN3O3. The first-order chi connectivity index (χ1) is 14.1. The van der Waals surface area contributed by atoms with Crippen molar-refractivity contribution in [3.05, 3.63) is 89.2 Å². The van der Waals surface area contributed by atoms with Crippen LogP contribution in [0.2, 0.25) is 0 Å². The quantitative estimate of drug-likeness (QED) is 0.364. The number of nitrogens with two attached hydrogens (primary N) is 1. The Balaban J connectivity index is 1.63. The third-order valence-electron chi connectivity index (χ3n) is 4.08. The smallest absolute Gasteiger partial charge is 0.271 e. The van der Waals surface area contributed by atoms with Crippen molar-refractivity contribution >= 4 is 17.8 Å². The fourth-order valence-electron chi connectivity index (χ4n) is 2.52. The van der Waals surface area contributed by atoms with E-state index in [9.17, 15) is 9.18 Å². The van der Waals surface area contributed by atoms with Crippen LogP contribution in [0.1, 0.15) is 21.5 Å². The number of benzene rings is 3. The van der Waals surface area contributed by atoms with E-state index in [2.05, 4.69) is 10.5 Å². The summed E-state index contributed by atoms with van der Waals surface area (Å²) in [7, 11) is 1.51. The van der Waals surface area contributed by atoms with E-state index in [0.29, 0.717) is 33.9 Å². The molecule has 1 amide bonds. The summed E-state index contributed by atoms with van der Waals surface area (Å²) in [6.07, 6.45) is 1.48. The summed E-state index contributed by atoms with van der Waals surface area (Å²) in [4.78, 5) is 12.0. The van der Waals surface area contributed by atoms with Crippen molar-refractivity contribution in [1.82, 2.24) is 5.43 Å². The minimum absolute atomic E-state index is 0.0775. The van der Waals surface area contributed by atoms with Crippen LogP contribution in [-0.2, 0) is 6.61 Å². The molecule has 6 nitrogen and oxygen atoms in total. The molecule has 0 aliphatic rings. The Labute approximate surface area is 167 Å². The van der Waals surface area contributed by atoms with Crippen LogP contribution in [0.25, 0.3) is 0 Å². The molecule has 0 aliphatic carbocycles. The average molecular weight is 393 g/mol. The van der Waals surface area contributed by atoms with E-state index in [1.165, 1.54) is 19.4 Å². The predicted molar refractivity (Wildman–Crippen MR) is 110 cm³/mol. The van der Waals surface area contributed by atoms with E-state index in [1.54, 1.807) is 60.7 Å². The van der Waals surface area contributed by atoms with Crippen molar-refractivity contribution in [3.8, 4) is 11.5 Å². The van der Waals surface area contributed by atoms with Gasteiger partial charge < -0.3 is 15.2 Å². The number of anilines is 1. The summed E-state index contributed by atoms with van der Waals surface area (Å²) in [5, 5.41) is 3.95. The van der Waals surface area contributed by atoms with Gasteiger partial charge in [0.2, 0.25) is 0 Å². The molecule has 0 radical (unpaired) electrons. The number of ether oxygens (including phenoxy) is 2. The second kappa shape index (κ2) is 9.36. The highest BCUT2D eigenvalue weighted by molar-refractivity contribution is 5.95. The van der Waals surface area contributed by atoms with Gasteiger partial charge in [0.15, 0.2) is 11.5 Å². The molecule has 0 spiro atoms. The zero-order valence-corrected chi connectivity index (χ0v) is 15.8. The first kappa shape index (κ1) is 19.9. The highest BCUT2D eigenvalue weighted by Crippen LogP contribution is 2.28. The fourth-order valence-corrected chi connectivity index (χ4v) is 2.52. The second-order valence-corrected chi connectivity index (χ2v) is 6.11. The molecule has 0 heterocycles. The number of methoxy groups -OCH3 is 1. The van der Waals surface area contributed by atoms with Crippen LogP contribution in [0.5, 0.6) is 11.5 Å². The second-order valence-electron chi connectivity index (χ2n) is 6.11. The highest BCUT2D eigenvalue weighted by atomic mass is 19.1. The van der Waals surface area contributed by atoms with Gasteiger partial charge in [-0.25, -0.2) is 9.82 Å². The predicted octanol–water partition coefficient (Wildman–Crippen LogP) is 3.76. The standard InChI is InChI=1S/C22H20FN3O3/c1-28-21-12-15(13-25-26-22(27)16-7-9-18(24)10-8-16)6-11-20(21)29-14-17-4-2-3-5-19(17)23/h2-13H,14,24H2,1H3,(H,26,27)/b25-13-. The van der Waals surface area contributed by atoms with Gasteiger partial charge >= 0.3 is 0 Å². The number of amides is 1. The fraction of sp³-hybridized carbons (Fsp3) is 0.0909. The summed E-state index contributed by atoms with van der Waals surface area (Å²) in [5.74, 6) is 0.263. The van der Waals surface area contributed by atoms with E-state index < -0.39 is 0 Å². The van der Waals surface area contributed by atoms with E-state index in [0.717, 1.165) is 0 Å². The van der Waals surface area contributed by atoms with Gasteiger partial charge in [-0.05, 0) is 54.1 Å². The van der Waals surface area contributed by atoms with Crippen LogP contribution in [0.15, 0.2) is 71.8 Å². The molecule has 7 heteroatoms. The van der Waals surface area contributed by atoms with Gasteiger partial charge in [0.05, 0.1) is 13.3 Å². The molecule has 3 rings (SSSR count). The van der Waals surface area contributed by atoms with Crippen LogP contribution in [-0.4, -0.2) is 19.2 Å². The van der Waals surface area contributed by atoms with Gasteiger partial charge in [0.1, 0.15) is 12.4 Å². The number of carbonyl (C=O) groups is 1. The molecule has 3 N–H and O–H groups in total. The number of nitrogen functional groups attached to an aromatic ring is 1. The molecule has 0 saturated heterocycles. The Kier molecular flexibility index (Phi) is 6.42. The summed E-state index contributed by atoms with van der Waals surface area (Å²) >= 11 is 0. The summed E-state index contributed by atoms with van der Waals surface area (Å²) in [6, 6.07) is 18.1. The number of hydrazone groups is 1. The van der Waals surface area contributed by atoms with Crippen LogP contribution in [0.4, 0.5) is 10.1 Å². The van der Waals surface area contributed by atoms with E-state index in [-0.39, 0.29) is 18.3 Å². The number of halogens is 1. The van der Waals surface area contributed by atoms with Crippen LogP contribution < -0.4 is 20.6 Å². The summed E-state index contributed by atoms with van der Waals surface area (Å²) in [5.41, 5.74) is 10.2. The number of carbonyl (C=O) groups excluding carboxylic acids is 1. The lowest BCUT2D eigenvalue weighted by Gasteiger charge is -2.11. The van der Waals surface area contributed by atoms with Crippen molar-refractivity contribution in [2.75, 3.05) is 12.8 Å². The first-order valence-electron chi connectivity index (χ1n) is 8.80. The lowest BCUT2D eigenvalue weighted by Crippen LogP contribution is -2.17. The molecule has 3 aromatic carbocycles. The maximum atomic E-state index is 13.7. The maximum absolute atomic E-state index is 13.7. The molecule has 0 bridgehead atoms. The molecule has 29 heavy (non-hydrogen) atoms. The van der Waals surface area contributed by atoms with Gasteiger partial charge in [-0.2, -0.15) is 5.10 Å². The molecule has 0 saturated carbocycles. The highest BCUT2D eigenvalue weighted by Gasteiger charge is 2.08. The zero-order valence-electron chi connectivity index (χ0n) is 15.8. The Morgan fingerprint density at radius 3 is 2.59 bits per heavy atom. The van der Waals surface area contributed by atoms with Crippen molar-refractivity contribution in [2.45, 2.75) is 6.61 Å². The number of hydrogen-bond acceptors (Lipinski definition) is 5. The first-order valence-corrected chi connectivity index (χ1v) is 8.80. The topological polar surface area (TPSA) is 85.9 Å². The van der Waals surface area contributed by atoms with E-state index in [1.807, 2.05) is 0 Å². The zero-order chi connectivity index (χ0) is 20.6. The lowest BCUT2D eigenvalue weighted by atomic mass is 10.2. The van der Waals surface area contributed by atoms with Gasteiger partial charge in [-0.3, -0.25) is 4.79 Å². The van der Waals surface area contributed by atoms with Crippen LogP contribution in [0, 0.1) is 5.82 Å². The number of nitrogens with zero attached hydrogens (tertiary/aromatic N) is 1. The van der Waals surface area contributed by atoms with Crippen LogP contribution >= 0.6 is 0 Å². The van der Waals surface area contributed by atoms with Gasteiger partial charge in [-0.15, -0.1) is 0 Å². The SMILES string of the molecule is COc1cc(/C=N\NC(=O)c2ccc(N)cc2)ccc1OCc1ccccc1F. The number of nitrogens with one attached hydrogen (secondary N) is 1. The third kappa shape index (κ3) is 5.32. The van der Waals surface area contributed by atoms with Gasteiger partial charge in [0.25, 0.3) is 5.91 Å². The van der Waals surface area contributed by atoms with Crippen molar-refractivity contribution in [2.24, 2.45) is 5.10 Å². The van der Waals surface area contributed by atoms with Crippen molar-refractivity contribution in [1.29, 1.82) is 0 Å². The maximum Gasteiger partial charge on any atom is 0.271 e. The van der Waals surface area contributed by atoms with Crippen molar-refractivity contribution < 1.29 is 18.7 Å².